The summed E-state index contributed by atoms with van der Waals surface area (Å²) in [7, 11) is 0. The number of carbonyl (C=O) groups excluding carboxylic acids is 1. The molecule has 1 aliphatic carbocycles. The van der Waals surface area contributed by atoms with Gasteiger partial charge in [0.05, 0.1) is 6.61 Å². The summed E-state index contributed by atoms with van der Waals surface area (Å²) in [6, 6.07) is 9.86. The molecular formula is C32H42F2O3. The number of rotatable bonds is 13. The molecule has 2 aromatic carbocycles. The minimum absolute atomic E-state index is 0.0232. The summed E-state index contributed by atoms with van der Waals surface area (Å²) in [6.07, 6.45) is 11.1. The Labute approximate surface area is 220 Å². The zero-order valence-corrected chi connectivity index (χ0v) is 22.4. The van der Waals surface area contributed by atoms with Gasteiger partial charge in [0.15, 0.2) is 0 Å². The number of halogens is 2. The fraction of sp³-hybridized carbons (Fsp3) is 0.531. The Morgan fingerprint density at radius 1 is 1.05 bits per heavy atom. The highest BCUT2D eigenvalue weighted by molar-refractivity contribution is 5.86. The van der Waals surface area contributed by atoms with Gasteiger partial charge in [0.1, 0.15) is 11.6 Å². The minimum Gasteiger partial charge on any atom is -0.462 e. The second kappa shape index (κ2) is 14.4. The number of unbranched alkanes of at least 4 members (excludes halogenated alkanes) is 3. The van der Waals surface area contributed by atoms with Gasteiger partial charge in [-0.25, -0.2) is 13.6 Å². The molecule has 0 bridgehead atoms. The highest BCUT2D eigenvalue weighted by Gasteiger charge is 2.25. The monoisotopic (exact) mass is 512 g/mol. The summed E-state index contributed by atoms with van der Waals surface area (Å²) in [6.45, 7) is 7.25. The van der Waals surface area contributed by atoms with E-state index in [0.29, 0.717) is 23.1 Å². The average molecular weight is 513 g/mol. The van der Waals surface area contributed by atoms with Crippen LogP contribution in [0.15, 0.2) is 48.6 Å². The molecule has 1 atom stereocenters. The van der Waals surface area contributed by atoms with E-state index in [0.717, 1.165) is 37.2 Å². The van der Waals surface area contributed by atoms with Crippen LogP contribution in [0.4, 0.5) is 8.78 Å². The SMILES string of the molecule is C=C(C)C(=O)OCC(CCO)c1ccc(-c2ccc(C3CCC(CCCCCC)CC3)c(F)c2)c(F)c1. The molecule has 1 unspecified atom stereocenters. The van der Waals surface area contributed by atoms with Crippen molar-refractivity contribution in [1.82, 2.24) is 0 Å². The Hall–Kier alpha value is -2.53. The Morgan fingerprint density at radius 2 is 1.81 bits per heavy atom. The van der Waals surface area contributed by atoms with Gasteiger partial charge in [-0.05, 0) is 79.7 Å². The lowest BCUT2D eigenvalue weighted by Gasteiger charge is -2.29. The molecule has 1 saturated carbocycles. The number of ether oxygens (including phenoxy) is 1. The summed E-state index contributed by atoms with van der Waals surface area (Å²) in [4.78, 5) is 11.7. The lowest BCUT2D eigenvalue weighted by molar-refractivity contribution is -0.139. The molecule has 0 aliphatic heterocycles. The number of aliphatic hydroxyl groups is 1. The predicted octanol–water partition coefficient (Wildman–Crippen LogP) is 8.46. The molecule has 0 spiro atoms. The third-order valence-corrected chi connectivity index (χ3v) is 7.77. The van der Waals surface area contributed by atoms with Gasteiger partial charge in [0, 0.05) is 23.7 Å². The maximum Gasteiger partial charge on any atom is 0.333 e. The van der Waals surface area contributed by atoms with Crippen LogP contribution in [0.1, 0.15) is 101 Å². The quantitative estimate of drug-likeness (QED) is 0.166. The third kappa shape index (κ3) is 8.23. The van der Waals surface area contributed by atoms with E-state index in [2.05, 4.69) is 13.5 Å². The van der Waals surface area contributed by atoms with Gasteiger partial charge in [0.2, 0.25) is 0 Å². The molecule has 3 rings (SSSR count). The van der Waals surface area contributed by atoms with E-state index in [9.17, 15) is 9.90 Å². The maximum atomic E-state index is 15.2. The molecule has 0 heterocycles. The zero-order valence-electron chi connectivity index (χ0n) is 22.4. The number of hydrogen-bond acceptors (Lipinski definition) is 3. The van der Waals surface area contributed by atoms with E-state index in [4.69, 9.17) is 4.74 Å². The van der Waals surface area contributed by atoms with Crippen molar-refractivity contribution in [2.45, 2.75) is 89.9 Å². The van der Waals surface area contributed by atoms with E-state index < -0.39 is 11.8 Å². The Kier molecular flexibility index (Phi) is 11.3. The molecule has 0 amide bonds. The summed E-state index contributed by atoms with van der Waals surface area (Å²) in [5.74, 6) is -0.607. The largest absolute Gasteiger partial charge is 0.462 e. The normalized spacial score (nSPS) is 18.4. The fourth-order valence-electron chi connectivity index (χ4n) is 5.47. The van der Waals surface area contributed by atoms with Crippen molar-refractivity contribution in [3.63, 3.8) is 0 Å². The summed E-state index contributed by atoms with van der Waals surface area (Å²) < 4.78 is 35.5. The van der Waals surface area contributed by atoms with Gasteiger partial charge in [-0.3, -0.25) is 0 Å². The van der Waals surface area contributed by atoms with E-state index in [1.807, 2.05) is 12.1 Å². The van der Waals surface area contributed by atoms with E-state index in [1.54, 1.807) is 19.1 Å². The fourth-order valence-corrected chi connectivity index (χ4v) is 5.47. The molecular weight excluding hydrogens is 470 g/mol. The Balaban J connectivity index is 1.65. The second-order valence-electron chi connectivity index (χ2n) is 10.6. The van der Waals surface area contributed by atoms with Crippen molar-refractivity contribution >= 4 is 5.97 Å². The minimum atomic E-state index is -0.518. The van der Waals surface area contributed by atoms with Crippen molar-refractivity contribution in [3.05, 3.63) is 71.3 Å². The van der Waals surface area contributed by atoms with Crippen LogP contribution in [0.3, 0.4) is 0 Å². The third-order valence-electron chi connectivity index (χ3n) is 7.77. The highest BCUT2D eigenvalue weighted by Crippen LogP contribution is 2.39. The van der Waals surface area contributed by atoms with Crippen molar-refractivity contribution in [1.29, 1.82) is 0 Å². The van der Waals surface area contributed by atoms with Crippen LogP contribution in [-0.2, 0) is 9.53 Å². The first-order valence-electron chi connectivity index (χ1n) is 13.9. The number of aliphatic hydroxyl groups excluding tert-OH is 1. The first kappa shape index (κ1) is 29.0. The van der Waals surface area contributed by atoms with Crippen LogP contribution >= 0.6 is 0 Å². The van der Waals surface area contributed by atoms with Crippen molar-refractivity contribution in [3.8, 4) is 11.1 Å². The molecule has 5 heteroatoms. The van der Waals surface area contributed by atoms with Gasteiger partial charge < -0.3 is 9.84 Å². The molecule has 1 N–H and O–H groups in total. The number of carbonyl (C=O) groups is 1. The van der Waals surface area contributed by atoms with Gasteiger partial charge in [0.25, 0.3) is 0 Å². The lowest BCUT2D eigenvalue weighted by atomic mass is 9.76. The topological polar surface area (TPSA) is 46.5 Å². The average Bonchev–Trinajstić information content (AvgIpc) is 2.89. The first-order chi connectivity index (χ1) is 17.8. The van der Waals surface area contributed by atoms with E-state index in [-0.39, 0.29) is 36.4 Å². The van der Waals surface area contributed by atoms with Gasteiger partial charge in [-0.2, -0.15) is 0 Å². The van der Waals surface area contributed by atoms with Crippen molar-refractivity contribution < 1.29 is 23.4 Å². The number of hydrogen-bond donors (Lipinski definition) is 1. The first-order valence-corrected chi connectivity index (χ1v) is 13.9. The van der Waals surface area contributed by atoms with Crippen LogP contribution in [0.5, 0.6) is 0 Å². The van der Waals surface area contributed by atoms with Crippen LogP contribution in [0.2, 0.25) is 0 Å². The van der Waals surface area contributed by atoms with E-state index >= 15 is 8.78 Å². The van der Waals surface area contributed by atoms with Gasteiger partial charge in [-0.15, -0.1) is 0 Å². The molecule has 2 aromatic rings. The summed E-state index contributed by atoms with van der Waals surface area (Å²) in [5.41, 5.74) is 2.47. The summed E-state index contributed by atoms with van der Waals surface area (Å²) >= 11 is 0. The zero-order chi connectivity index (χ0) is 26.8. The number of esters is 1. The summed E-state index contributed by atoms with van der Waals surface area (Å²) in [5, 5.41) is 9.42. The van der Waals surface area contributed by atoms with Crippen LogP contribution in [0, 0.1) is 17.6 Å². The molecule has 202 valence electrons. The maximum absolute atomic E-state index is 15.2. The van der Waals surface area contributed by atoms with E-state index in [1.165, 1.54) is 44.2 Å². The molecule has 0 radical (unpaired) electrons. The van der Waals surface area contributed by atoms with Gasteiger partial charge in [-0.1, -0.05) is 69.9 Å². The number of benzene rings is 2. The van der Waals surface area contributed by atoms with Crippen molar-refractivity contribution in [2.75, 3.05) is 13.2 Å². The van der Waals surface area contributed by atoms with Crippen LogP contribution in [0.25, 0.3) is 11.1 Å². The molecule has 37 heavy (non-hydrogen) atoms. The Bertz CT molecular complexity index is 1040. The van der Waals surface area contributed by atoms with Gasteiger partial charge >= 0.3 is 5.97 Å². The molecule has 0 aromatic heterocycles. The standard InChI is InChI=1S/C32H42F2O3/c1-4-5-6-7-8-23-9-11-24(12-10-23)28-16-14-26(20-31(28)34)29-15-13-25(19-30(29)33)27(17-18-35)21-37-32(36)22(2)3/h13-16,19-20,23-24,27,35H,2,4-12,17-18,21H2,1,3H3. The molecule has 0 saturated heterocycles. The van der Waals surface area contributed by atoms with Crippen molar-refractivity contribution in [2.24, 2.45) is 5.92 Å². The molecule has 1 aliphatic rings. The molecule has 3 nitrogen and oxygen atoms in total. The second-order valence-corrected chi connectivity index (χ2v) is 10.6. The lowest BCUT2D eigenvalue weighted by Crippen LogP contribution is -2.15. The predicted molar refractivity (Wildman–Crippen MR) is 145 cm³/mol. The van der Waals surface area contributed by atoms with Crippen LogP contribution < -0.4 is 0 Å². The molecule has 1 fully saturated rings. The van der Waals surface area contributed by atoms with Crippen LogP contribution in [-0.4, -0.2) is 24.3 Å². The smallest absolute Gasteiger partial charge is 0.333 e. The highest BCUT2D eigenvalue weighted by atomic mass is 19.1. The Morgan fingerprint density at radius 3 is 2.43 bits per heavy atom.